The first kappa shape index (κ1) is 22.0. The lowest BCUT2D eigenvalue weighted by Gasteiger charge is -2.27. The predicted molar refractivity (Wildman–Crippen MR) is 122 cm³/mol. The van der Waals surface area contributed by atoms with Crippen LogP contribution in [0.4, 0.5) is 20.3 Å². The van der Waals surface area contributed by atoms with Gasteiger partial charge in [0.15, 0.2) is 11.5 Å². The van der Waals surface area contributed by atoms with Gasteiger partial charge in [0.1, 0.15) is 11.6 Å². The molecule has 8 nitrogen and oxygen atoms in total. The van der Waals surface area contributed by atoms with Crippen molar-refractivity contribution in [3.05, 3.63) is 60.3 Å². The Morgan fingerprint density at radius 1 is 1.12 bits per heavy atom. The molecule has 0 aliphatic heterocycles. The highest BCUT2D eigenvalue weighted by molar-refractivity contribution is 5.74. The number of esters is 1. The van der Waals surface area contributed by atoms with Crippen LogP contribution in [0.15, 0.2) is 43.1 Å². The molecule has 176 valence electrons. The minimum atomic E-state index is -0.663. The second kappa shape index (κ2) is 8.85. The van der Waals surface area contributed by atoms with Gasteiger partial charge in [0.25, 0.3) is 0 Å². The average molecular weight is 466 g/mol. The number of methoxy groups -OCH3 is 1. The summed E-state index contributed by atoms with van der Waals surface area (Å²) in [5, 5.41) is 7.72. The topological polar surface area (TPSA) is 86.3 Å². The number of ether oxygens (including phenoxy) is 1. The number of aryl methyl sites for hydroxylation is 1. The maximum atomic E-state index is 14.5. The van der Waals surface area contributed by atoms with Crippen LogP contribution in [0.2, 0.25) is 0 Å². The highest BCUT2D eigenvalue weighted by Gasteiger charge is 2.28. The Hall–Kier alpha value is -3.82. The normalized spacial score (nSPS) is 18.2. The smallest absolute Gasteiger partial charge is 0.308 e. The molecule has 3 aromatic heterocycles. The summed E-state index contributed by atoms with van der Waals surface area (Å²) in [6.07, 6.45) is 11.7. The summed E-state index contributed by atoms with van der Waals surface area (Å²) in [6, 6.07) is 2.56. The Kier molecular flexibility index (Phi) is 5.72. The molecule has 4 aromatic rings. The van der Waals surface area contributed by atoms with Crippen molar-refractivity contribution in [2.45, 2.75) is 38.6 Å². The third-order valence-electron chi connectivity index (χ3n) is 6.42. The number of nitrogens with one attached hydrogen (secondary N) is 1. The summed E-state index contributed by atoms with van der Waals surface area (Å²) in [5.74, 6) is -0.952. The Labute approximate surface area is 194 Å². The van der Waals surface area contributed by atoms with Crippen LogP contribution in [-0.2, 0) is 9.53 Å². The van der Waals surface area contributed by atoms with Gasteiger partial charge in [-0.3, -0.25) is 13.9 Å². The zero-order valence-electron chi connectivity index (χ0n) is 18.8. The van der Waals surface area contributed by atoms with Crippen LogP contribution in [0.1, 0.15) is 37.3 Å². The summed E-state index contributed by atoms with van der Waals surface area (Å²) >= 11 is 0. The lowest BCUT2D eigenvalue weighted by Crippen LogP contribution is -2.24. The van der Waals surface area contributed by atoms with Crippen molar-refractivity contribution >= 4 is 23.1 Å². The fourth-order valence-corrected chi connectivity index (χ4v) is 4.54. The molecule has 0 bridgehead atoms. The zero-order valence-corrected chi connectivity index (χ0v) is 18.8. The summed E-state index contributed by atoms with van der Waals surface area (Å²) < 4.78 is 36.7. The number of halogens is 2. The van der Waals surface area contributed by atoms with Gasteiger partial charge in [-0.1, -0.05) is 0 Å². The number of nitrogens with zero attached hydrogens (tertiary/aromatic N) is 5. The van der Waals surface area contributed by atoms with Gasteiger partial charge in [-0.25, -0.2) is 18.7 Å². The molecule has 5 rings (SSSR count). The van der Waals surface area contributed by atoms with Gasteiger partial charge in [-0.05, 0) is 44.2 Å². The minimum Gasteiger partial charge on any atom is -0.469 e. The predicted octanol–water partition coefficient (Wildman–Crippen LogP) is 4.83. The first-order valence-electron chi connectivity index (χ1n) is 11.1. The maximum absolute atomic E-state index is 14.5. The van der Waals surface area contributed by atoms with Gasteiger partial charge in [-0.15, -0.1) is 0 Å². The van der Waals surface area contributed by atoms with E-state index in [9.17, 15) is 13.6 Å². The summed E-state index contributed by atoms with van der Waals surface area (Å²) in [6.45, 7) is 1.59. The SMILES string of the molecule is COC(=O)C1CCC(n2cc(Nc3ncc(-c4cc(C)c(F)cc4F)n4ccnc34)cn2)CC1. The van der Waals surface area contributed by atoms with Gasteiger partial charge in [0.05, 0.1) is 42.8 Å². The molecule has 0 unspecified atom stereocenters. The Balaban J connectivity index is 1.37. The molecule has 0 radical (unpaired) electrons. The lowest BCUT2D eigenvalue weighted by atomic mass is 9.86. The van der Waals surface area contributed by atoms with Gasteiger partial charge in [0, 0.05) is 30.2 Å². The second-order valence-corrected chi connectivity index (χ2v) is 8.56. The fraction of sp³-hybridized carbons (Fsp3) is 0.333. The molecule has 0 saturated heterocycles. The molecule has 34 heavy (non-hydrogen) atoms. The van der Waals surface area contributed by atoms with Gasteiger partial charge in [-0.2, -0.15) is 5.10 Å². The number of imidazole rings is 1. The van der Waals surface area contributed by atoms with E-state index in [1.54, 1.807) is 29.9 Å². The van der Waals surface area contributed by atoms with E-state index >= 15 is 0 Å². The number of hydrogen-bond acceptors (Lipinski definition) is 6. The molecule has 1 aromatic carbocycles. The van der Waals surface area contributed by atoms with E-state index in [0.717, 1.165) is 37.4 Å². The van der Waals surface area contributed by atoms with Crippen molar-refractivity contribution in [1.29, 1.82) is 0 Å². The number of aromatic nitrogens is 5. The van der Waals surface area contributed by atoms with Crippen molar-refractivity contribution in [3.8, 4) is 11.3 Å². The van der Waals surface area contributed by atoms with E-state index in [0.29, 0.717) is 22.7 Å². The van der Waals surface area contributed by atoms with Crippen LogP contribution in [0.3, 0.4) is 0 Å². The van der Waals surface area contributed by atoms with Crippen LogP contribution in [0.25, 0.3) is 16.9 Å². The van der Waals surface area contributed by atoms with E-state index in [1.807, 2.05) is 10.9 Å². The Bertz CT molecular complexity index is 1360. The van der Waals surface area contributed by atoms with Crippen molar-refractivity contribution in [3.63, 3.8) is 0 Å². The van der Waals surface area contributed by atoms with Gasteiger partial charge in [0.2, 0.25) is 0 Å². The minimum absolute atomic E-state index is 0.0411. The van der Waals surface area contributed by atoms with Gasteiger partial charge < -0.3 is 10.1 Å². The molecule has 1 N–H and O–H groups in total. The molecule has 10 heteroatoms. The molecule has 1 fully saturated rings. The summed E-state index contributed by atoms with van der Waals surface area (Å²) in [5.41, 5.74) is 2.31. The van der Waals surface area contributed by atoms with Crippen LogP contribution < -0.4 is 5.32 Å². The van der Waals surface area contributed by atoms with Crippen LogP contribution >= 0.6 is 0 Å². The van der Waals surface area contributed by atoms with Crippen molar-refractivity contribution in [2.24, 2.45) is 5.92 Å². The molecular weight excluding hydrogens is 442 g/mol. The van der Waals surface area contributed by atoms with Crippen LogP contribution in [0.5, 0.6) is 0 Å². The van der Waals surface area contributed by atoms with Gasteiger partial charge >= 0.3 is 5.97 Å². The first-order valence-corrected chi connectivity index (χ1v) is 11.1. The number of rotatable bonds is 5. The van der Waals surface area contributed by atoms with E-state index in [1.165, 1.54) is 19.4 Å². The van der Waals surface area contributed by atoms with E-state index in [4.69, 9.17) is 4.74 Å². The molecule has 0 amide bonds. The highest BCUT2D eigenvalue weighted by Crippen LogP contribution is 2.33. The van der Waals surface area contributed by atoms with Crippen LogP contribution in [-0.4, -0.2) is 37.2 Å². The monoisotopic (exact) mass is 466 g/mol. The standard InChI is InChI=1S/C24H24F2N6O2/c1-14-9-18(20(26)10-19(14)25)21-12-28-22(23-27-7-8-31(21)23)30-16-11-29-32(13-16)17-5-3-15(4-6-17)24(33)34-2/h7-13,15,17H,3-6H2,1-2H3,(H,28,30). The van der Waals surface area contributed by atoms with Crippen LogP contribution in [0, 0.1) is 24.5 Å². The number of hydrogen-bond donors (Lipinski definition) is 1. The first-order chi connectivity index (χ1) is 16.4. The number of carbonyl (C=O) groups excluding carboxylic acids is 1. The molecule has 1 aliphatic carbocycles. The Morgan fingerprint density at radius 2 is 1.91 bits per heavy atom. The fourth-order valence-electron chi connectivity index (χ4n) is 4.54. The molecule has 1 saturated carbocycles. The number of benzene rings is 1. The molecule has 0 atom stereocenters. The lowest BCUT2D eigenvalue weighted by molar-refractivity contribution is -0.146. The number of fused-ring (bicyclic) bond motifs is 1. The maximum Gasteiger partial charge on any atom is 0.308 e. The third kappa shape index (κ3) is 4.00. The molecular formula is C24H24F2N6O2. The average Bonchev–Trinajstić information content (AvgIpc) is 3.52. The summed E-state index contributed by atoms with van der Waals surface area (Å²) in [4.78, 5) is 20.6. The quantitative estimate of drug-likeness (QED) is 0.424. The van der Waals surface area contributed by atoms with Crippen molar-refractivity contribution < 1.29 is 18.3 Å². The van der Waals surface area contributed by atoms with E-state index in [2.05, 4.69) is 20.4 Å². The molecule has 1 aliphatic rings. The van der Waals surface area contributed by atoms with E-state index < -0.39 is 11.6 Å². The third-order valence-corrected chi connectivity index (χ3v) is 6.42. The summed E-state index contributed by atoms with van der Waals surface area (Å²) in [7, 11) is 1.43. The van der Waals surface area contributed by atoms with Crippen molar-refractivity contribution in [2.75, 3.05) is 12.4 Å². The number of anilines is 2. The second-order valence-electron chi connectivity index (χ2n) is 8.56. The number of carbonyl (C=O) groups is 1. The Morgan fingerprint density at radius 3 is 2.68 bits per heavy atom. The van der Waals surface area contributed by atoms with E-state index in [-0.39, 0.29) is 23.5 Å². The zero-order chi connectivity index (χ0) is 23.8. The molecule has 0 spiro atoms. The highest BCUT2D eigenvalue weighted by atomic mass is 19.1. The van der Waals surface area contributed by atoms with Crippen molar-refractivity contribution in [1.82, 2.24) is 24.1 Å². The largest absolute Gasteiger partial charge is 0.469 e. The molecule has 3 heterocycles.